The minimum atomic E-state index is -0.930. The molecule has 1 aliphatic carbocycles. The van der Waals surface area contributed by atoms with Crippen molar-refractivity contribution in [1.29, 1.82) is 0 Å². The maximum Gasteiger partial charge on any atom is 0.405 e. The number of benzene rings is 1. The fourth-order valence-corrected chi connectivity index (χ4v) is 2.43. The number of rotatable bonds is 2. The van der Waals surface area contributed by atoms with Crippen LogP contribution in [0.5, 0.6) is 0 Å². The molecule has 0 atom stereocenters. The van der Waals surface area contributed by atoms with Crippen LogP contribution in [-0.2, 0) is 10.3 Å². The zero-order valence-electron chi connectivity index (χ0n) is 10.0. The summed E-state index contributed by atoms with van der Waals surface area (Å²) in [5.74, 6) is 0. The molecule has 0 spiro atoms. The molecular weight excluding hydrogens is 234 g/mol. The molecular formula is C13H17NO4. The number of hydrogen-bond acceptors (Lipinski definition) is 2. The van der Waals surface area contributed by atoms with Crippen molar-refractivity contribution >= 4 is 12.6 Å². The highest BCUT2D eigenvalue weighted by atomic mass is 16.4. The first kappa shape index (κ1) is 14.0. The van der Waals surface area contributed by atoms with E-state index in [0.29, 0.717) is 0 Å². The lowest BCUT2D eigenvalue weighted by Gasteiger charge is -2.29. The largest absolute Gasteiger partial charge is 0.483 e. The molecule has 2 rings (SSSR count). The van der Waals surface area contributed by atoms with Crippen LogP contribution in [0.4, 0.5) is 4.79 Å². The Labute approximate surface area is 105 Å². The van der Waals surface area contributed by atoms with E-state index in [0.717, 1.165) is 31.2 Å². The number of amides is 1. The Morgan fingerprint density at radius 2 is 1.72 bits per heavy atom. The molecule has 1 saturated carbocycles. The molecule has 3 N–H and O–H groups in total. The van der Waals surface area contributed by atoms with E-state index in [2.05, 4.69) is 5.32 Å². The van der Waals surface area contributed by atoms with Gasteiger partial charge in [-0.2, -0.15) is 0 Å². The second-order valence-corrected chi connectivity index (χ2v) is 4.19. The Balaban J connectivity index is 0.000000492. The van der Waals surface area contributed by atoms with E-state index >= 15 is 0 Å². The van der Waals surface area contributed by atoms with Gasteiger partial charge in [0.25, 0.3) is 6.47 Å². The van der Waals surface area contributed by atoms with E-state index in [-0.39, 0.29) is 12.0 Å². The zero-order valence-corrected chi connectivity index (χ0v) is 10.0. The SMILES string of the molecule is O=C(O)NC1(c2ccccc2)CCCC1.O=CO. The molecule has 0 heterocycles. The first-order valence-electron chi connectivity index (χ1n) is 5.79. The lowest BCUT2D eigenvalue weighted by atomic mass is 9.88. The summed E-state index contributed by atoms with van der Waals surface area (Å²) in [7, 11) is 0. The molecule has 0 aliphatic heterocycles. The van der Waals surface area contributed by atoms with Crippen molar-refractivity contribution in [2.75, 3.05) is 0 Å². The molecule has 1 aromatic carbocycles. The molecule has 18 heavy (non-hydrogen) atoms. The minimum absolute atomic E-state index is 0.250. The Morgan fingerprint density at radius 1 is 1.22 bits per heavy atom. The first-order chi connectivity index (χ1) is 8.64. The number of carbonyl (C=O) groups is 2. The maximum atomic E-state index is 10.8. The number of hydrogen-bond donors (Lipinski definition) is 3. The summed E-state index contributed by atoms with van der Waals surface area (Å²) in [6, 6.07) is 9.87. The van der Waals surface area contributed by atoms with Gasteiger partial charge < -0.3 is 15.5 Å². The monoisotopic (exact) mass is 251 g/mol. The highest BCUT2D eigenvalue weighted by Crippen LogP contribution is 2.38. The highest BCUT2D eigenvalue weighted by molar-refractivity contribution is 5.66. The van der Waals surface area contributed by atoms with Crippen molar-refractivity contribution < 1.29 is 19.8 Å². The van der Waals surface area contributed by atoms with Gasteiger partial charge in [0.15, 0.2) is 0 Å². The fourth-order valence-electron chi connectivity index (χ4n) is 2.43. The van der Waals surface area contributed by atoms with Crippen LogP contribution in [0.25, 0.3) is 0 Å². The molecule has 0 unspecified atom stereocenters. The summed E-state index contributed by atoms with van der Waals surface area (Å²) in [5, 5.41) is 18.5. The summed E-state index contributed by atoms with van der Waals surface area (Å²) in [6.07, 6.45) is 3.07. The summed E-state index contributed by atoms with van der Waals surface area (Å²) in [6.45, 7) is -0.250. The Bertz CT molecular complexity index is 385. The van der Waals surface area contributed by atoms with E-state index in [1.807, 2.05) is 30.3 Å². The molecule has 1 aromatic rings. The highest BCUT2D eigenvalue weighted by Gasteiger charge is 2.36. The summed E-state index contributed by atoms with van der Waals surface area (Å²) in [4.78, 5) is 19.2. The van der Waals surface area contributed by atoms with Crippen molar-refractivity contribution in [3.63, 3.8) is 0 Å². The molecule has 5 heteroatoms. The van der Waals surface area contributed by atoms with Crippen LogP contribution in [0.15, 0.2) is 30.3 Å². The van der Waals surface area contributed by atoms with E-state index in [4.69, 9.17) is 15.0 Å². The fraction of sp³-hybridized carbons (Fsp3) is 0.385. The molecule has 0 radical (unpaired) electrons. The van der Waals surface area contributed by atoms with Gasteiger partial charge in [-0.15, -0.1) is 0 Å². The molecule has 98 valence electrons. The van der Waals surface area contributed by atoms with E-state index in [1.54, 1.807) is 0 Å². The topological polar surface area (TPSA) is 86.6 Å². The van der Waals surface area contributed by atoms with E-state index < -0.39 is 6.09 Å². The van der Waals surface area contributed by atoms with Crippen molar-refractivity contribution in [3.8, 4) is 0 Å². The second-order valence-electron chi connectivity index (χ2n) is 4.19. The van der Waals surface area contributed by atoms with Gasteiger partial charge in [-0.1, -0.05) is 43.2 Å². The molecule has 1 aliphatic rings. The van der Waals surface area contributed by atoms with Crippen LogP contribution >= 0.6 is 0 Å². The first-order valence-corrected chi connectivity index (χ1v) is 5.79. The van der Waals surface area contributed by atoms with Crippen LogP contribution in [0.2, 0.25) is 0 Å². The predicted octanol–water partition coefficient (Wildman–Crippen LogP) is 2.42. The van der Waals surface area contributed by atoms with Gasteiger partial charge in [0.05, 0.1) is 5.54 Å². The van der Waals surface area contributed by atoms with E-state index in [1.165, 1.54) is 0 Å². The molecule has 1 fully saturated rings. The lowest BCUT2D eigenvalue weighted by Crippen LogP contribution is -2.42. The third-order valence-electron chi connectivity index (χ3n) is 3.13. The van der Waals surface area contributed by atoms with Crippen molar-refractivity contribution in [2.45, 2.75) is 31.2 Å². The van der Waals surface area contributed by atoms with Gasteiger partial charge in [-0.25, -0.2) is 4.79 Å². The third-order valence-corrected chi connectivity index (χ3v) is 3.13. The summed E-state index contributed by atoms with van der Waals surface area (Å²) < 4.78 is 0. The quantitative estimate of drug-likeness (QED) is 0.704. The average Bonchev–Trinajstić information content (AvgIpc) is 2.80. The lowest BCUT2D eigenvalue weighted by molar-refractivity contribution is -0.122. The Hall–Kier alpha value is -2.04. The van der Waals surface area contributed by atoms with Crippen LogP contribution in [0, 0.1) is 0 Å². The van der Waals surface area contributed by atoms with Gasteiger partial charge >= 0.3 is 6.09 Å². The summed E-state index contributed by atoms with van der Waals surface area (Å²) in [5.41, 5.74) is 0.748. The van der Waals surface area contributed by atoms with Gasteiger partial charge in [-0.3, -0.25) is 4.79 Å². The molecule has 0 aromatic heterocycles. The van der Waals surface area contributed by atoms with Crippen molar-refractivity contribution in [1.82, 2.24) is 5.32 Å². The second kappa shape index (κ2) is 6.64. The standard InChI is InChI=1S/C12H15NO2.CH2O2/c14-11(15)13-12(8-4-5-9-12)10-6-2-1-3-7-10;2-1-3/h1-3,6-7,13H,4-5,8-9H2,(H,14,15);1H,(H,2,3). The van der Waals surface area contributed by atoms with Crippen molar-refractivity contribution in [3.05, 3.63) is 35.9 Å². The molecule has 0 saturated heterocycles. The summed E-state index contributed by atoms with van der Waals surface area (Å²) >= 11 is 0. The molecule has 0 bridgehead atoms. The normalized spacial score (nSPS) is 16.2. The number of nitrogens with one attached hydrogen (secondary N) is 1. The predicted molar refractivity (Wildman–Crippen MR) is 66.4 cm³/mol. The van der Waals surface area contributed by atoms with Crippen LogP contribution in [-0.4, -0.2) is 22.8 Å². The minimum Gasteiger partial charge on any atom is -0.483 e. The van der Waals surface area contributed by atoms with Gasteiger partial charge in [0.2, 0.25) is 0 Å². The van der Waals surface area contributed by atoms with Crippen LogP contribution in [0.3, 0.4) is 0 Å². The Morgan fingerprint density at radius 3 is 2.17 bits per heavy atom. The van der Waals surface area contributed by atoms with Gasteiger partial charge in [0.1, 0.15) is 0 Å². The van der Waals surface area contributed by atoms with Gasteiger partial charge in [0, 0.05) is 0 Å². The van der Waals surface area contributed by atoms with Gasteiger partial charge in [-0.05, 0) is 18.4 Å². The van der Waals surface area contributed by atoms with Crippen molar-refractivity contribution in [2.24, 2.45) is 0 Å². The Kier molecular flexibility index (Phi) is 5.17. The zero-order chi connectivity index (χ0) is 13.4. The smallest absolute Gasteiger partial charge is 0.405 e. The maximum absolute atomic E-state index is 10.8. The third kappa shape index (κ3) is 3.48. The molecule has 5 nitrogen and oxygen atoms in total. The number of carboxylic acid groups (broad SMARTS) is 2. The van der Waals surface area contributed by atoms with E-state index in [9.17, 15) is 4.79 Å². The average molecular weight is 251 g/mol. The molecule has 1 amide bonds. The van der Waals surface area contributed by atoms with Crippen LogP contribution in [0.1, 0.15) is 31.2 Å². The van der Waals surface area contributed by atoms with Crippen LogP contribution < -0.4 is 5.32 Å².